The van der Waals surface area contributed by atoms with Crippen molar-refractivity contribution in [3.05, 3.63) is 0 Å². The number of methoxy groups -OCH3 is 1. The molecule has 0 spiro atoms. The third-order valence-electron chi connectivity index (χ3n) is 3.42. The summed E-state index contributed by atoms with van der Waals surface area (Å²) in [7, 11) is 1.72. The van der Waals surface area contributed by atoms with Crippen molar-refractivity contribution >= 4 is 0 Å². The van der Waals surface area contributed by atoms with Crippen LogP contribution in [0.1, 0.15) is 33.1 Å². The minimum atomic E-state index is 0.0532. The van der Waals surface area contributed by atoms with Crippen molar-refractivity contribution in [1.29, 1.82) is 0 Å². The molecule has 1 aliphatic rings. The molecular weight excluding hydrogens is 216 g/mol. The molecule has 0 bridgehead atoms. The maximum atomic E-state index is 9.59. The first kappa shape index (κ1) is 14.9. The van der Waals surface area contributed by atoms with Gasteiger partial charge < -0.3 is 15.6 Å². The number of aliphatic hydroxyl groups is 1. The summed E-state index contributed by atoms with van der Waals surface area (Å²) in [5.74, 6) is 0.572. The highest BCUT2D eigenvalue weighted by atomic mass is 16.5. The fraction of sp³-hybridized carbons (Fsp3) is 1.00. The van der Waals surface area contributed by atoms with Crippen LogP contribution in [0.3, 0.4) is 0 Å². The molecule has 4 nitrogen and oxygen atoms in total. The number of hydrogen-bond donors (Lipinski definition) is 2. The van der Waals surface area contributed by atoms with Gasteiger partial charge in [-0.15, -0.1) is 0 Å². The fourth-order valence-electron chi connectivity index (χ4n) is 2.41. The molecule has 0 radical (unpaired) electrons. The molecule has 1 saturated carbocycles. The van der Waals surface area contributed by atoms with Gasteiger partial charge in [-0.25, -0.2) is 0 Å². The maximum absolute atomic E-state index is 9.59. The summed E-state index contributed by atoms with van der Waals surface area (Å²) in [5, 5.41) is 9.59. The molecule has 102 valence electrons. The molecule has 1 aliphatic carbocycles. The lowest BCUT2D eigenvalue weighted by Gasteiger charge is -2.35. The zero-order valence-electron chi connectivity index (χ0n) is 11.4. The van der Waals surface area contributed by atoms with Gasteiger partial charge in [-0.2, -0.15) is 0 Å². The molecule has 1 fully saturated rings. The monoisotopic (exact) mass is 244 g/mol. The average molecular weight is 244 g/mol. The Kier molecular flexibility index (Phi) is 6.41. The first-order valence-electron chi connectivity index (χ1n) is 6.71. The summed E-state index contributed by atoms with van der Waals surface area (Å²) in [4.78, 5) is 2.34. The molecule has 17 heavy (non-hydrogen) atoms. The van der Waals surface area contributed by atoms with Gasteiger partial charge in [-0.05, 0) is 25.2 Å². The topological polar surface area (TPSA) is 58.7 Å². The minimum absolute atomic E-state index is 0.0532. The van der Waals surface area contributed by atoms with Gasteiger partial charge in [0.05, 0.1) is 13.2 Å². The van der Waals surface area contributed by atoms with Gasteiger partial charge in [0.25, 0.3) is 0 Å². The highest BCUT2D eigenvalue weighted by Crippen LogP contribution is 2.29. The molecule has 0 aromatic carbocycles. The largest absolute Gasteiger partial charge is 0.395 e. The van der Waals surface area contributed by atoms with E-state index in [0.717, 1.165) is 13.0 Å². The third-order valence-corrected chi connectivity index (χ3v) is 3.42. The normalized spacial score (nSPS) is 19.9. The number of aliphatic hydroxyl groups excluding tert-OH is 1. The summed E-state index contributed by atoms with van der Waals surface area (Å²) < 4.78 is 5.14. The lowest BCUT2D eigenvalue weighted by Crippen LogP contribution is -2.52. The van der Waals surface area contributed by atoms with Crippen molar-refractivity contribution in [2.75, 3.05) is 26.9 Å². The Balaban J connectivity index is 2.53. The molecule has 2 unspecified atom stereocenters. The van der Waals surface area contributed by atoms with Gasteiger partial charge in [0.2, 0.25) is 0 Å². The summed E-state index contributed by atoms with van der Waals surface area (Å²) >= 11 is 0. The maximum Gasteiger partial charge on any atom is 0.0602 e. The standard InChI is InChI=1S/C13H28N2O2/c1-10(2)8-12(14)13(9-16)15(6-7-17-3)11-4-5-11/h10-13,16H,4-9,14H2,1-3H3. The number of ether oxygens (including phenoxy) is 1. The minimum Gasteiger partial charge on any atom is -0.395 e. The Bertz CT molecular complexity index is 208. The van der Waals surface area contributed by atoms with E-state index in [-0.39, 0.29) is 18.7 Å². The van der Waals surface area contributed by atoms with Gasteiger partial charge >= 0.3 is 0 Å². The molecule has 3 N–H and O–H groups in total. The molecule has 0 saturated heterocycles. The molecule has 1 rings (SSSR count). The molecule has 0 aromatic rings. The van der Waals surface area contributed by atoms with E-state index < -0.39 is 0 Å². The van der Waals surface area contributed by atoms with Gasteiger partial charge in [0, 0.05) is 31.8 Å². The van der Waals surface area contributed by atoms with E-state index in [1.165, 1.54) is 12.8 Å². The van der Waals surface area contributed by atoms with Crippen molar-refractivity contribution in [2.45, 2.75) is 51.2 Å². The Morgan fingerprint density at radius 3 is 2.47 bits per heavy atom. The van der Waals surface area contributed by atoms with Crippen LogP contribution in [0.15, 0.2) is 0 Å². The number of nitrogens with two attached hydrogens (primary N) is 1. The SMILES string of the molecule is COCCN(C1CC1)C(CO)C(N)CC(C)C. The summed E-state index contributed by atoms with van der Waals surface area (Å²) in [6, 6.07) is 0.748. The molecule has 0 heterocycles. The number of rotatable bonds is 9. The summed E-state index contributed by atoms with van der Waals surface area (Å²) in [5.41, 5.74) is 6.23. The fourth-order valence-corrected chi connectivity index (χ4v) is 2.41. The molecular formula is C13H28N2O2. The van der Waals surface area contributed by atoms with Gasteiger partial charge in [-0.1, -0.05) is 13.8 Å². The predicted molar refractivity (Wildman–Crippen MR) is 69.9 cm³/mol. The zero-order valence-corrected chi connectivity index (χ0v) is 11.4. The van der Waals surface area contributed by atoms with Crippen molar-refractivity contribution < 1.29 is 9.84 Å². The van der Waals surface area contributed by atoms with Gasteiger partial charge in [0.15, 0.2) is 0 Å². The van der Waals surface area contributed by atoms with E-state index in [2.05, 4.69) is 18.7 Å². The van der Waals surface area contributed by atoms with Crippen LogP contribution in [0.4, 0.5) is 0 Å². The van der Waals surface area contributed by atoms with E-state index in [1.54, 1.807) is 7.11 Å². The van der Waals surface area contributed by atoms with Crippen molar-refractivity contribution in [3.63, 3.8) is 0 Å². The lowest BCUT2D eigenvalue weighted by atomic mass is 9.97. The van der Waals surface area contributed by atoms with Crippen molar-refractivity contribution in [2.24, 2.45) is 11.7 Å². The van der Waals surface area contributed by atoms with E-state index in [4.69, 9.17) is 10.5 Å². The first-order chi connectivity index (χ1) is 8.10. The van der Waals surface area contributed by atoms with Crippen LogP contribution in [0.5, 0.6) is 0 Å². The number of hydrogen-bond acceptors (Lipinski definition) is 4. The first-order valence-corrected chi connectivity index (χ1v) is 6.71. The molecule has 0 aromatic heterocycles. The predicted octanol–water partition coefficient (Wildman–Crippen LogP) is 0.832. The van der Waals surface area contributed by atoms with Crippen LogP contribution < -0.4 is 5.73 Å². The van der Waals surface area contributed by atoms with Crippen molar-refractivity contribution in [3.8, 4) is 0 Å². The zero-order chi connectivity index (χ0) is 12.8. The van der Waals surface area contributed by atoms with Gasteiger partial charge in [-0.3, -0.25) is 4.90 Å². The highest BCUT2D eigenvalue weighted by molar-refractivity contribution is 4.92. The Morgan fingerprint density at radius 2 is 2.06 bits per heavy atom. The molecule has 4 heteroatoms. The Labute approximate surface area is 105 Å². The molecule has 2 atom stereocenters. The lowest BCUT2D eigenvalue weighted by molar-refractivity contribution is 0.0641. The summed E-state index contributed by atoms with van der Waals surface area (Å²) in [6.07, 6.45) is 3.42. The second kappa shape index (κ2) is 7.31. The van der Waals surface area contributed by atoms with Crippen LogP contribution >= 0.6 is 0 Å². The highest BCUT2D eigenvalue weighted by Gasteiger charge is 2.35. The summed E-state index contributed by atoms with van der Waals surface area (Å²) in [6.45, 7) is 6.07. The number of nitrogens with zero attached hydrogens (tertiary/aromatic N) is 1. The van der Waals surface area contributed by atoms with E-state index in [0.29, 0.717) is 18.6 Å². The molecule has 0 aliphatic heterocycles. The second-order valence-electron chi connectivity index (χ2n) is 5.51. The van der Waals surface area contributed by atoms with Gasteiger partial charge in [0.1, 0.15) is 0 Å². The quantitative estimate of drug-likeness (QED) is 0.631. The van der Waals surface area contributed by atoms with Crippen LogP contribution in [-0.4, -0.2) is 55.0 Å². The molecule has 0 amide bonds. The van der Waals surface area contributed by atoms with E-state index in [1.807, 2.05) is 0 Å². The second-order valence-corrected chi connectivity index (χ2v) is 5.51. The van der Waals surface area contributed by atoms with Crippen LogP contribution in [0.25, 0.3) is 0 Å². The Hall–Kier alpha value is -0.160. The average Bonchev–Trinajstić information content (AvgIpc) is 3.06. The third kappa shape index (κ3) is 4.92. The van der Waals surface area contributed by atoms with Crippen LogP contribution in [-0.2, 0) is 4.74 Å². The smallest absolute Gasteiger partial charge is 0.0602 e. The van der Waals surface area contributed by atoms with Crippen molar-refractivity contribution in [1.82, 2.24) is 4.90 Å². The van der Waals surface area contributed by atoms with Crippen LogP contribution in [0.2, 0.25) is 0 Å². The Morgan fingerprint density at radius 1 is 1.41 bits per heavy atom. The van der Waals surface area contributed by atoms with Crippen LogP contribution in [0, 0.1) is 5.92 Å². The van der Waals surface area contributed by atoms with E-state index >= 15 is 0 Å². The van der Waals surface area contributed by atoms with E-state index in [9.17, 15) is 5.11 Å².